The number of aryl methyl sites for hydroxylation is 1. The second-order valence-corrected chi connectivity index (χ2v) is 6.21. The van der Waals surface area contributed by atoms with Gasteiger partial charge in [0.1, 0.15) is 5.69 Å². The van der Waals surface area contributed by atoms with Gasteiger partial charge in [-0.05, 0) is 24.3 Å². The van der Waals surface area contributed by atoms with Gasteiger partial charge in [0.2, 0.25) is 17.6 Å². The molecule has 3 rings (SSSR count). The quantitative estimate of drug-likeness (QED) is 0.714. The highest BCUT2D eigenvalue weighted by Gasteiger charge is 2.14. The molecule has 1 aromatic carbocycles. The Morgan fingerprint density at radius 2 is 2.08 bits per heavy atom. The van der Waals surface area contributed by atoms with Gasteiger partial charge < -0.3 is 14.7 Å². The van der Waals surface area contributed by atoms with Crippen molar-refractivity contribution in [1.29, 1.82) is 0 Å². The van der Waals surface area contributed by atoms with Crippen LogP contribution < -0.4 is 10.2 Å². The summed E-state index contributed by atoms with van der Waals surface area (Å²) in [6.07, 6.45) is 2.21. The Hall–Kier alpha value is -2.93. The van der Waals surface area contributed by atoms with Crippen LogP contribution in [-0.4, -0.2) is 35.1 Å². The van der Waals surface area contributed by atoms with E-state index in [-0.39, 0.29) is 12.3 Å². The second-order valence-electron chi connectivity index (χ2n) is 5.81. The summed E-state index contributed by atoms with van der Waals surface area (Å²) in [7, 11) is 3.74. The fraction of sp³-hybridized carbons (Fsp3) is 0.222. The second kappa shape index (κ2) is 7.97. The first-order valence-electron chi connectivity index (χ1n) is 8.04. The van der Waals surface area contributed by atoms with Crippen molar-refractivity contribution in [2.24, 2.45) is 0 Å². The molecule has 0 spiro atoms. The molecule has 3 aromatic rings. The molecule has 0 aliphatic carbocycles. The van der Waals surface area contributed by atoms with Crippen molar-refractivity contribution in [2.45, 2.75) is 12.8 Å². The van der Waals surface area contributed by atoms with Crippen molar-refractivity contribution in [3.8, 4) is 11.5 Å². The molecule has 0 radical (unpaired) electrons. The van der Waals surface area contributed by atoms with Gasteiger partial charge in [0, 0.05) is 33.1 Å². The molecule has 0 aliphatic heterocycles. The predicted octanol–water partition coefficient (Wildman–Crippen LogP) is 3.42. The van der Waals surface area contributed by atoms with Crippen LogP contribution in [0.2, 0.25) is 5.02 Å². The molecule has 0 unspecified atom stereocenters. The normalized spacial score (nSPS) is 10.6. The Morgan fingerprint density at radius 3 is 2.81 bits per heavy atom. The summed E-state index contributed by atoms with van der Waals surface area (Å²) in [6, 6.07) is 10.8. The SMILES string of the molecule is CN(C)c1c(Cl)cccc1NC(=O)CCc1nc(-c2ccccn2)no1. The first-order valence-corrected chi connectivity index (χ1v) is 8.42. The number of rotatable bonds is 6. The standard InChI is InChI=1S/C18H18ClN5O2/c1-24(2)17-12(19)6-5-8-13(17)21-15(25)9-10-16-22-18(23-26-16)14-7-3-4-11-20-14/h3-8,11H,9-10H2,1-2H3,(H,21,25). The number of carbonyl (C=O) groups excluding carboxylic acids is 1. The lowest BCUT2D eigenvalue weighted by molar-refractivity contribution is -0.116. The van der Waals surface area contributed by atoms with Gasteiger partial charge in [-0.2, -0.15) is 4.98 Å². The maximum Gasteiger partial charge on any atom is 0.227 e. The molecular formula is C18H18ClN5O2. The average molecular weight is 372 g/mol. The summed E-state index contributed by atoms with van der Waals surface area (Å²) >= 11 is 6.21. The minimum Gasteiger partial charge on any atom is -0.375 e. The molecule has 8 heteroatoms. The van der Waals surface area contributed by atoms with Gasteiger partial charge in [-0.1, -0.05) is 28.9 Å². The van der Waals surface area contributed by atoms with Crippen molar-refractivity contribution >= 4 is 28.9 Å². The molecule has 0 aliphatic rings. The van der Waals surface area contributed by atoms with Crippen LogP contribution in [0.1, 0.15) is 12.3 Å². The minimum absolute atomic E-state index is 0.159. The number of aromatic nitrogens is 3. The van der Waals surface area contributed by atoms with E-state index in [2.05, 4.69) is 20.4 Å². The Labute approximate surface area is 156 Å². The van der Waals surface area contributed by atoms with E-state index < -0.39 is 0 Å². The van der Waals surface area contributed by atoms with Gasteiger partial charge in [0.05, 0.1) is 16.4 Å². The zero-order valence-corrected chi connectivity index (χ0v) is 15.2. The third kappa shape index (κ3) is 4.18. The van der Waals surface area contributed by atoms with Crippen LogP contribution in [0.3, 0.4) is 0 Å². The largest absolute Gasteiger partial charge is 0.375 e. The average Bonchev–Trinajstić information content (AvgIpc) is 3.09. The minimum atomic E-state index is -0.159. The molecule has 0 saturated carbocycles. The first-order chi connectivity index (χ1) is 12.5. The van der Waals surface area contributed by atoms with E-state index in [1.54, 1.807) is 24.4 Å². The Kier molecular flexibility index (Phi) is 5.48. The van der Waals surface area contributed by atoms with Crippen LogP contribution in [0.4, 0.5) is 11.4 Å². The monoisotopic (exact) mass is 371 g/mol. The summed E-state index contributed by atoms with van der Waals surface area (Å²) in [5.41, 5.74) is 2.05. The van der Waals surface area contributed by atoms with E-state index in [1.807, 2.05) is 37.2 Å². The molecule has 134 valence electrons. The first kappa shape index (κ1) is 17.9. The maximum atomic E-state index is 12.3. The van der Waals surface area contributed by atoms with Crippen LogP contribution in [0.25, 0.3) is 11.5 Å². The van der Waals surface area contributed by atoms with E-state index >= 15 is 0 Å². The summed E-state index contributed by atoms with van der Waals surface area (Å²) in [5.74, 6) is 0.637. The Morgan fingerprint density at radius 1 is 1.23 bits per heavy atom. The van der Waals surface area contributed by atoms with Crippen molar-refractivity contribution in [3.63, 3.8) is 0 Å². The molecule has 26 heavy (non-hydrogen) atoms. The van der Waals surface area contributed by atoms with Crippen LogP contribution in [-0.2, 0) is 11.2 Å². The molecule has 1 amide bonds. The zero-order chi connectivity index (χ0) is 18.5. The highest BCUT2D eigenvalue weighted by Crippen LogP contribution is 2.32. The molecule has 7 nitrogen and oxygen atoms in total. The molecule has 0 fully saturated rings. The van der Waals surface area contributed by atoms with E-state index in [9.17, 15) is 4.79 Å². The molecular weight excluding hydrogens is 354 g/mol. The van der Waals surface area contributed by atoms with E-state index in [1.165, 1.54) is 0 Å². The third-order valence-corrected chi connectivity index (χ3v) is 3.94. The Balaban J connectivity index is 1.62. The number of benzene rings is 1. The molecule has 1 N–H and O–H groups in total. The summed E-state index contributed by atoms with van der Waals surface area (Å²) < 4.78 is 5.19. The van der Waals surface area contributed by atoms with Gasteiger partial charge in [-0.3, -0.25) is 9.78 Å². The van der Waals surface area contributed by atoms with Gasteiger partial charge >= 0.3 is 0 Å². The summed E-state index contributed by atoms with van der Waals surface area (Å²) in [4.78, 5) is 22.6. The fourth-order valence-corrected chi connectivity index (χ4v) is 2.80. The van der Waals surface area contributed by atoms with Crippen LogP contribution in [0.15, 0.2) is 47.1 Å². The van der Waals surface area contributed by atoms with Crippen molar-refractivity contribution < 1.29 is 9.32 Å². The lowest BCUT2D eigenvalue weighted by atomic mass is 10.2. The number of carbonyl (C=O) groups is 1. The van der Waals surface area contributed by atoms with Gasteiger partial charge in [0.15, 0.2) is 0 Å². The van der Waals surface area contributed by atoms with E-state index in [4.69, 9.17) is 16.1 Å². The van der Waals surface area contributed by atoms with Crippen molar-refractivity contribution in [2.75, 3.05) is 24.3 Å². The number of hydrogen-bond donors (Lipinski definition) is 1. The van der Waals surface area contributed by atoms with Crippen molar-refractivity contribution in [1.82, 2.24) is 15.1 Å². The smallest absolute Gasteiger partial charge is 0.227 e. The highest BCUT2D eigenvalue weighted by atomic mass is 35.5. The lowest BCUT2D eigenvalue weighted by Gasteiger charge is -2.19. The number of hydrogen-bond acceptors (Lipinski definition) is 6. The highest BCUT2D eigenvalue weighted by molar-refractivity contribution is 6.34. The molecule has 0 atom stereocenters. The number of para-hydroxylation sites is 1. The number of anilines is 2. The fourth-order valence-electron chi connectivity index (χ4n) is 2.46. The third-order valence-electron chi connectivity index (χ3n) is 3.64. The van der Waals surface area contributed by atoms with Crippen LogP contribution in [0.5, 0.6) is 0 Å². The number of nitrogens with zero attached hydrogens (tertiary/aromatic N) is 4. The lowest BCUT2D eigenvalue weighted by Crippen LogP contribution is -2.17. The van der Waals surface area contributed by atoms with Crippen molar-refractivity contribution in [3.05, 3.63) is 53.5 Å². The van der Waals surface area contributed by atoms with E-state index in [0.29, 0.717) is 34.5 Å². The van der Waals surface area contributed by atoms with Crippen LogP contribution in [0, 0.1) is 0 Å². The topological polar surface area (TPSA) is 84.2 Å². The zero-order valence-electron chi connectivity index (χ0n) is 14.4. The molecule has 0 saturated heterocycles. The molecule has 2 aromatic heterocycles. The number of halogens is 1. The summed E-state index contributed by atoms with van der Waals surface area (Å²) in [5, 5.41) is 7.34. The van der Waals surface area contributed by atoms with Gasteiger partial charge in [-0.15, -0.1) is 0 Å². The van der Waals surface area contributed by atoms with Crippen LogP contribution >= 0.6 is 11.6 Å². The van der Waals surface area contributed by atoms with Gasteiger partial charge in [-0.25, -0.2) is 0 Å². The number of amides is 1. The van der Waals surface area contributed by atoms with Gasteiger partial charge in [0.25, 0.3) is 0 Å². The van der Waals surface area contributed by atoms with E-state index in [0.717, 1.165) is 5.69 Å². The summed E-state index contributed by atoms with van der Waals surface area (Å²) in [6.45, 7) is 0. The maximum absolute atomic E-state index is 12.3. The number of pyridine rings is 1. The molecule has 2 heterocycles. The predicted molar refractivity (Wildman–Crippen MR) is 100 cm³/mol. The number of nitrogens with one attached hydrogen (secondary N) is 1. The molecule has 0 bridgehead atoms. The Bertz CT molecular complexity index is 896.